The van der Waals surface area contributed by atoms with E-state index in [0.717, 1.165) is 18.5 Å². The molecule has 1 aliphatic heterocycles. The molecule has 1 saturated heterocycles. The van der Waals surface area contributed by atoms with Gasteiger partial charge in [-0.15, -0.1) is 11.8 Å². The molecule has 1 aliphatic rings. The molecule has 1 N–H and O–H groups in total. The fourth-order valence-corrected chi connectivity index (χ4v) is 3.39. The molecule has 1 aromatic rings. The Balaban J connectivity index is 2.20. The number of benzene rings is 1. The Hall–Kier alpha value is -1.69. The van der Waals surface area contributed by atoms with Crippen molar-refractivity contribution in [3.05, 3.63) is 30.3 Å². The molecule has 0 unspecified atom stereocenters. The second-order valence-electron chi connectivity index (χ2n) is 4.95. The van der Waals surface area contributed by atoms with Crippen molar-refractivity contribution in [2.45, 2.75) is 25.8 Å². The van der Waals surface area contributed by atoms with Crippen molar-refractivity contribution in [3.63, 3.8) is 0 Å². The average Bonchev–Trinajstić information content (AvgIpc) is 2.98. The van der Waals surface area contributed by atoms with Gasteiger partial charge in [-0.3, -0.25) is 4.90 Å². The third-order valence-corrected chi connectivity index (χ3v) is 4.46. The van der Waals surface area contributed by atoms with Crippen LogP contribution in [0.4, 0.5) is 10.5 Å². The van der Waals surface area contributed by atoms with Gasteiger partial charge in [0.1, 0.15) is 6.04 Å². The van der Waals surface area contributed by atoms with Gasteiger partial charge in [-0.1, -0.05) is 31.5 Å². The van der Waals surface area contributed by atoms with Crippen LogP contribution in [0.15, 0.2) is 30.3 Å². The largest absolute Gasteiger partial charge is 0.480 e. The summed E-state index contributed by atoms with van der Waals surface area (Å²) in [5.41, 5.74) is 0.817. The third kappa shape index (κ3) is 3.69. The highest BCUT2D eigenvalue weighted by Gasteiger charge is 2.37. The first kappa shape index (κ1) is 15.7. The summed E-state index contributed by atoms with van der Waals surface area (Å²) < 4.78 is 0. The Kier molecular flexibility index (Phi) is 5.50. The summed E-state index contributed by atoms with van der Waals surface area (Å²) in [6, 6.07) is 8.49. The number of anilines is 1. The normalized spacial score (nSPS) is 17.8. The van der Waals surface area contributed by atoms with Gasteiger partial charge >= 0.3 is 12.0 Å². The molecule has 2 rings (SSSR count). The van der Waals surface area contributed by atoms with Gasteiger partial charge in [-0.2, -0.15) is 0 Å². The average molecular weight is 308 g/mol. The number of carboxylic acid groups (broad SMARTS) is 1. The van der Waals surface area contributed by atoms with Crippen LogP contribution in [0, 0.1) is 0 Å². The van der Waals surface area contributed by atoms with E-state index in [2.05, 4.69) is 6.92 Å². The van der Waals surface area contributed by atoms with Crippen LogP contribution in [-0.4, -0.2) is 46.2 Å². The lowest BCUT2D eigenvalue weighted by molar-refractivity contribution is -0.140. The van der Waals surface area contributed by atoms with E-state index in [9.17, 15) is 14.7 Å². The van der Waals surface area contributed by atoms with Crippen LogP contribution < -0.4 is 4.90 Å². The smallest absolute Gasteiger partial charge is 0.327 e. The molecule has 6 heteroatoms. The number of rotatable bonds is 5. The van der Waals surface area contributed by atoms with Crippen LogP contribution in [-0.2, 0) is 4.79 Å². The minimum absolute atomic E-state index is 0.216. The first-order valence-corrected chi connectivity index (χ1v) is 8.24. The van der Waals surface area contributed by atoms with Gasteiger partial charge in [0.25, 0.3) is 0 Å². The molecule has 114 valence electrons. The van der Waals surface area contributed by atoms with Crippen LogP contribution in [0.1, 0.15) is 19.8 Å². The maximum Gasteiger partial charge on any atom is 0.327 e. The quantitative estimate of drug-likeness (QED) is 0.908. The summed E-state index contributed by atoms with van der Waals surface area (Å²) >= 11 is 1.48. The minimum Gasteiger partial charge on any atom is -0.480 e. The standard InChI is InChI=1S/C15H20N2O3S/c1-2-3-9-16(12-7-5-4-6-8-12)15(20)17-11-21-10-13(17)14(18)19/h4-8,13H,2-3,9-11H2,1H3,(H,18,19)/t13-/m0/s1. The van der Waals surface area contributed by atoms with Crippen LogP contribution >= 0.6 is 11.8 Å². The molecular formula is C15H20N2O3S. The van der Waals surface area contributed by atoms with Crippen LogP contribution in [0.2, 0.25) is 0 Å². The highest BCUT2D eigenvalue weighted by atomic mass is 32.2. The monoisotopic (exact) mass is 308 g/mol. The number of carbonyl (C=O) groups excluding carboxylic acids is 1. The molecule has 21 heavy (non-hydrogen) atoms. The zero-order chi connectivity index (χ0) is 15.2. The number of unbranched alkanes of at least 4 members (excludes halogenated alkanes) is 1. The summed E-state index contributed by atoms with van der Waals surface area (Å²) in [6.07, 6.45) is 1.87. The van der Waals surface area contributed by atoms with Crippen molar-refractivity contribution >= 4 is 29.4 Å². The van der Waals surface area contributed by atoms with E-state index in [-0.39, 0.29) is 6.03 Å². The van der Waals surface area contributed by atoms with Gasteiger partial charge in [0.05, 0.1) is 5.88 Å². The molecule has 0 radical (unpaired) electrons. The molecule has 1 heterocycles. The molecule has 0 aromatic heterocycles. The summed E-state index contributed by atoms with van der Waals surface area (Å²) in [5, 5.41) is 9.24. The lowest BCUT2D eigenvalue weighted by atomic mass is 10.2. The van der Waals surface area contributed by atoms with Crippen molar-refractivity contribution in [1.82, 2.24) is 4.90 Å². The van der Waals surface area contributed by atoms with E-state index in [1.54, 1.807) is 4.90 Å². The molecular weight excluding hydrogens is 288 g/mol. The summed E-state index contributed by atoms with van der Waals surface area (Å²) in [5.74, 6) is -0.0419. The Bertz CT molecular complexity index is 495. The number of hydrogen-bond acceptors (Lipinski definition) is 3. The molecule has 2 amide bonds. The minimum atomic E-state index is -0.933. The van der Waals surface area contributed by atoms with Crippen molar-refractivity contribution in [2.75, 3.05) is 23.1 Å². The molecule has 1 aromatic carbocycles. The first-order valence-electron chi connectivity index (χ1n) is 7.09. The molecule has 0 spiro atoms. The topological polar surface area (TPSA) is 60.9 Å². The van der Waals surface area contributed by atoms with E-state index in [1.165, 1.54) is 16.7 Å². The van der Waals surface area contributed by atoms with Crippen molar-refractivity contribution in [1.29, 1.82) is 0 Å². The number of thioether (sulfide) groups is 1. The van der Waals surface area contributed by atoms with E-state index in [4.69, 9.17) is 0 Å². The second kappa shape index (κ2) is 7.36. The molecule has 1 fully saturated rings. The number of amides is 2. The van der Waals surface area contributed by atoms with Gasteiger partial charge in [0.15, 0.2) is 0 Å². The van der Waals surface area contributed by atoms with Gasteiger partial charge in [0, 0.05) is 18.0 Å². The Morgan fingerprint density at radius 2 is 2.10 bits per heavy atom. The van der Waals surface area contributed by atoms with Crippen molar-refractivity contribution in [2.24, 2.45) is 0 Å². The lowest BCUT2D eigenvalue weighted by Gasteiger charge is -2.30. The van der Waals surface area contributed by atoms with Crippen molar-refractivity contribution < 1.29 is 14.7 Å². The maximum absolute atomic E-state index is 12.7. The molecule has 1 atom stereocenters. The predicted molar refractivity (Wildman–Crippen MR) is 84.7 cm³/mol. The number of carbonyl (C=O) groups is 2. The van der Waals surface area contributed by atoms with Crippen LogP contribution in [0.3, 0.4) is 0 Å². The third-order valence-electron chi connectivity index (χ3n) is 3.45. The fraction of sp³-hybridized carbons (Fsp3) is 0.467. The summed E-state index contributed by atoms with van der Waals surface area (Å²) in [6.45, 7) is 2.67. The van der Waals surface area contributed by atoms with Crippen molar-refractivity contribution in [3.8, 4) is 0 Å². The van der Waals surface area contributed by atoms with E-state index < -0.39 is 12.0 Å². The molecule has 5 nitrogen and oxygen atoms in total. The van der Waals surface area contributed by atoms with E-state index in [1.807, 2.05) is 30.3 Å². The van der Waals surface area contributed by atoms with Gasteiger partial charge in [0.2, 0.25) is 0 Å². The van der Waals surface area contributed by atoms with Gasteiger partial charge in [-0.05, 0) is 18.6 Å². The number of carboxylic acids is 1. The Morgan fingerprint density at radius 1 is 1.38 bits per heavy atom. The highest BCUT2D eigenvalue weighted by Crippen LogP contribution is 2.25. The summed E-state index contributed by atoms with van der Waals surface area (Å²) in [4.78, 5) is 27.1. The van der Waals surface area contributed by atoms with E-state index >= 15 is 0 Å². The first-order chi connectivity index (χ1) is 10.1. The van der Waals surface area contributed by atoms with E-state index in [0.29, 0.717) is 18.2 Å². The van der Waals surface area contributed by atoms with Gasteiger partial charge in [-0.25, -0.2) is 9.59 Å². The number of para-hydroxylation sites is 1. The molecule has 0 bridgehead atoms. The zero-order valence-electron chi connectivity index (χ0n) is 12.1. The maximum atomic E-state index is 12.7. The SMILES string of the molecule is CCCCN(C(=O)N1CSC[C@H]1C(=O)O)c1ccccc1. The Labute approximate surface area is 128 Å². The summed E-state index contributed by atoms with van der Waals surface area (Å²) in [7, 11) is 0. The number of urea groups is 1. The highest BCUT2D eigenvalue weighted by molar-refractivity contribution is 7.99. The number of nitrogens with zero attached hydrogens (tertiary/aromatic N) is 2. The van der Waals surface area contributed by atoms with Crippen LogP contribution in [0.25, 0.3) is 0 Å². The lowest BCUT2D eigenvalue weighted by Crippen LogP contribution is -2.49. The van der Waals surface area contributed by atoms with Gasteiger partial charge < -0.3 is 10.0 Å². The zero-order valence-corrected chi connectivity index (χ0v) is 12.9. The fourth-order valence-electron chi connectivity index (χ4n) is 2.25. The second-order valence-corrected chi connectivity index (χ2v) is 5.95. The van der Waals surface area contributed by atoms with Crippen LogP contribution in [0.5, 0.6) is 0 Å². The molecule has 0 aliphatic carbocycles. The Morgan fingerprint density at radius 3 is 2.71 bits per heavy atom. The molecule has 0 saturated carbocycles. The number of hydrogen-bond donors (Lipinski definition) is 1. The number of aliphatic carboxylic acids is 1. The predicted octanol–water partition coefficient (Wildman–Crippen LogP) is 2.87.